The highest BCUT2D eigenvalue weighted by Gasteiger charge is 2.19. The zero-order chi connectivity index (χ0) is 16.4. The summed E-state index contributed by atoms with van der Waals surface area (Å²) in [4.78, 5) is 15.9. The predicted molar refractivity (Wildman–Crippen MR) is 95.3 cm³/mol. The average molecular weight is 330 g/mol. The Kier molecular flexibility index (Phi) is 4.61. The van der Waals surface area contributed by atoms with Crippen molar-refractivity contribution in [1.29, 1.82) is 0 Å². The summed E-state index contributed by atoms with van der Waals surface area (Å²) in [6, 6.07) is 8.32. The number of carbonyl (C=O) groups excluding carboxylic acids is 1. The van der Waals surface area contributed by atoms with Gasteiger partial charge in [0.05, 0.1) is 29.3 Å². The molecule has 0 unspecified atom stereocenters. The highest BCUT2D eigenvalue weighted by atomic mass is 32.2. The van der Waals surface area contributed by atoms with Crippen LogP contribution in [-0.4, -0.2) is 34.5 Å². The van der Waals surface area contributed by atoms with Crippen LogP contribution in [0, 0.1) is 13.8 Å². The second kappa shape index (κ2) is 6.66. The van der Waals surface area contributed by atoms with Crippen LogP contribution >= 0.6 is 11.8 Å². The molecule has 1 aliphatic heterocycles. The number of rotatable bonds is 3. The third kappa shape index (κ3) is 3.37. The van der Waals surface area contributed by atoms with Crippen molar-refractivity contribution in [2.45, 2.75) is 25.2 Å². The zero-order valence-corrected chi connectivity index (χ0v) is 14.6. The van der Waals surface area contributed by atoms with Crippen LogP contribution in [-0.2, 0) is 11.8 Å². The smallest absolute Gasteiger partial charge is 0.243 e. The van der Waals surface area contributed by atoms with Gasteiger partial charge in [-0.05, 0) is 38.2 Å². The molecule has 1 aromatic carbocycles. The fraction of sp³-hybridized carbons (Fsp3) is 0.412. The van der Waals surface area contributed by atoms with Crippen LogP contribution < -0.4 is 10.2 Å². The lowest BCUT2D eigenvalue weighted by Crippen LogP contribution is -2.34. The third-order valence-electron chi connectivity index (χ3n) is 4.14. The number of aromatic nitrogens is 2. The Labute approximate surface area is 141 Å². The summed E-state index contributed by atoms with van der Waals surface area (Å²) < 4.78 is 1.79. The SMILES string of the molecule is Cc1nn(C)c(C)c1NC(=O)CN1CCCSc2ccccc21. The van der Waals surface area contributed by atoms with Crippen molar-refractivity contribution < 1.29 is 4.79 Å². The zero-order valence-electron chi connectivity index (χ0n) is 13.8. The van der Waals surface area contributed by atoms with Gasteiger partial charge >= 0.3 is 0 Å². The van der Waals surface area contributed by atoms with Crippen molar-refractivity contribution in [3.05, 3.63) is 35.7 Å². The van der Waals surface area contributed by atoms with Crippen LogP contribution in [0.1, 0.15) is 17.8 Å². The van der Waals surface area contributed by atoms with Gasteiger partial charge in [-0.2, -0.15) is 5.10 Å². The average Bonchev–Trinajstić information content (AvgIpc) is 2.70. The maximum atomic E-state index is 12.5. The van der Waals surface area contributed by atoms with Gasteiger partial charge in [0.2, 0.25) is 5.91 Å². The van der Waals surface area contributed by atoms with Gasteiger partial charge < -0.3 is 10.2 Å². The van der Waals surface area contributed by atoms with Crippen molar-refractivity contribution >= 4 is 29.0 Å². The number of amides is 1. The van der Waals surface area contributed by atoms with Gasteiger partial charge in [-0.25, -0.2) is 0 Å². The van der Waals surface area contributed by atoms with Gasteiger partial charge in [0.15, 0.2) is 0 Å². The topological polar surface area (TPSA) is 50.2 Å². The summed E-state index contributed by atoms with van der Waals surface area (Å²) in [5.74, 6) is 1.10. The first kappa shape index (κ1) is 15.9. The molecule has 0 radical (unpaired) electrons. The minimum Gasteiger partial charge on any atom is -0.361 e. The minimum absolute atomic E-state index is 0.00547. The molecular formula is C17H22N4OS. The van der Waals surface area contributed by atoms with Gasteiger partial charge in [0.25, 0.3) is 0 Å². The van der Waals surface area contributed by atoms with E-state index in [4.69, 9.17) is 0 Å². The third-order valence-corrected chi connectivity index (χ3v) is 5.29. The standard InChI is InChI=1S/C17H22N4OS/c1-12-17(13(2)20(3)19-12)18-16(22)11-21-9-6-10-23-15-8-5-4-7-14(15)21/h4-5,7-8H,6,9-11H2,1-3H3,(H,18,22). The van der Waals surface area contributed by atoms with Crippen LogP contribution in [0.4, 0.5) is 11.4 Å². The monoisotopic (exact) mass is 330 g/mol. The number of nitrogens with zero attached hydrogens (tertiary/aromatic N) is 3. The summed E-state index contributed by atoms with van der Waals surface area (Å²) >= 11 is 1.87. The Morgan fingerprint density at radius 1 is 1.35 bits per heavy atom. The van der Waals surface area contributed by atoms with Gasteiger partial charge in [0.1, 0.15) is 0 Å². The number of carbonyl (C=O) groups is 1. The molecule has 6 heteroatoms. The Balaban J connectivity index is 1.75. The predicted octanol–water partition coefficient (Wildman–Crippen LogP) is 2.98. The van der Waals surface area contributed by atoms with E-state index in [0.29, 0.717) is 6.54 Å². The molecule has 1 aromatic heterocycles. The number of fused-ring (bicyclic) bond motifs is 1. The van der Waals surface area contributed by atoms with Crippen molar-refractivity contribution in [2.75, 3.05) is 29.1 Å². The van der Waals surface area contributed by atoms with Gasteiger partial charge in [-0.15, -0.1) is 11.8 Å². The first-order valence-corrected chi connectivity index (χ1v) is 8.81. The second-order valence-corrected chi connectivity index (χ2v) is 6.95. The lowest BCUT2D eigenvalue weighted by molar-refractivity contribution is -0.115. The number of hydrogen-bond donors (Lipinski definition) is 1. The van der Waals surface area contributed by atoms with Crippen LogP contribution in [0.15, 0.2) is 29.2 Å². The highest BCUT2D eigenvalue weighted by molar-refractivity contribution is 7.99. The fourth-order valence-electron chi connectivity index (χ4n) is 2.87. The molecule has 2 aromatic rings. The number of thioether (sulfide) groups is 1. The fourth-order valence-corrected chi connectivity index (χ4v) is 3.88. The molecule has 0 spiro atoms. The second-order valence-electron chi connectivity index (χ2n) is 5.81. The number of para-hydroxylation sites is 1. The van der Waals surface area contributed by atoms with E-state index in [2.05, 4.69) is 33.5 Å². The molecule has 2 heterocycles. The molecule has 3 rings (SSSR count). The van der Waals surface area contributed by atoms with Crippen LogP contribution in [0.25, 0.3) is 0 Å². The maximum absolute atomic E-state index is 12.5. The largest absolute Gasteiger partial charge is 0.361 e. The van der Waals surface area contributed by atoms with Crippen molar-refractivity contribution in [1.82, 2.24) is 9.78 Å². The van der Waals surface area contributed by atoms with Gasteiger partial charge in [-0.3, -0.25) is 9.48 Å². The molecule has 0 fully saturated rings. The van der Waals surface area contributed by atoms with Gasteiger partial charge in [0, 0.05) is 18.5 Å². The van der Waals surface area contributed by atoms with Crippen molar-refractivity contribution in [3.8, 4) is 0 Å². The molecule has 1 aliphatic rings. The number of aryl methyl sites for hydroxylation is 2. The maximum Gasteiger partial charge on any atom is 0.243 e. The Bertz CT molecular complexity index is 725. The first-order valence-electron chi connectivity index (χ1n) is 7.83. The minimum atomic E-state index is 0.00547. The number of anilines is 2. The van der Waals surface area contributed by atoms with E-state index in [1.807, 2.05) is 38.7 Å². The molecule has 122 valence electrons. The lowest BCUT2D eigenvalue weighted by atomic mass is 10.2. The summed E-state index contributed by atoms with van der Waals surface area (Å²) in [5, 5.41) is 7.37. The molecule has 0 saturated carbocycles. The van der Waals surface area contributed by atoms with E-state index in [9.17, 15) is 4.79 Å². The molecule has 1 amide bonds. The van der Waals surface area contributed by atoms with E-state index in [-0.39, 0.29) is 5.91 Å². The van der Waals surface area contributed by atoms with Crippen LogP contribution in [0.2, 0.25) is 0 Å². The van der Waals surface area contributed by atoms with Crippen LogP contribution in [0.5, 0.6) is 0 Å². The number of hydrogen-bond acceptors (Lipinski definition) is 4. The van der Waals surface area contributed by atoms with E-state index >= 15 is 0 Å². The summed E-state index contributed by atoms with van der Waals surface area (Å²) in [5.41, 5.74) is 3.81. The van der Waals surface area contributed by atoms with E-state index < -0.39 is 0 Å². The molecule has 1 N–H and O–H groups in total. The molecule has 0 bridgehead atoms. The lowest BCUT2D eigenvalue weighted by Gasteiger charge is -2.23. The number of nitrogens with one attached hydrogen (secondary N) is 1. The molecule has 0 aliphatic carbocycles. The first-order chi connectivity index (χ1) is 11.1. The normalized spacial score (nSPS) is 14.3. The Morgan fingerprint density at radius 2 is 2.13 bits per heavy atom. The van der Waals surface area contributed by atoms with Crippen molar-refractivity contribution in [2.24, 2.45) is 7.05 Å². The Morgan fingerprint density at radius 3 is 2.87 bits per heavy atom. The van der Waals surface area contributed by atoms with Crippen molar-refractivity contribution in [3.63, 3.8) is 0 Å². The van der Waals surface area contributed by atoms with E-state index in [1.165, 1.54) is 4.90 Å². The highest BCUT2D eigenvalue weighted by Crippen LogP contribution is 2.33. The summed E-state index contributed by atoms with van der Waals surface area (Å²) in [7, 11) is 1.89. The van der Waals surface area contributed by atoms with Crippen LogP contribution in [0.3, 0.4) is 0 Å². The quantitative estimate of drug-likeness (QED) is 0.940. The summed E-state index contributed by atoms with van der Waals surface area (Å²) in [6.07, 6.45) is 1.08. The molecule has 5 nitrogen and oxygen atoms in total. The van der Waals surface area contributed by atoms with E-state index in [0.717, 1.165) is 41.5 Å². The summed E-state index contributed by atoms with van der Waals surface area (Å²) in [6.45, 7) is 5.15. The van der Waals surface area contributed by atoms with E-state index in [1.54, 1.807) is 4.68 Å². The molecular weight excluding hydrogens is 308 g/mol. The van der Waals surface area contributed by atoms with Gasteiger partial charge in [-0.1, -0.05) is 12.1 Å². The molecule has 0 saturated heterocycles. The number of benzene rings is 1. The molecule has 0 atom stereocenters. The Hall–Kier alpha value is -1.95. The molecule has 23 heavy (non-hydrogen) atoms.